The molecule has 2 heterocycles. The average Bonchev–Trinajstić information content (AvgIpc) is 2.33. The zero-order valence-corrected chi connectivity index (χ0v) is 9.45. The zero-order chi connectivity index (χ0) is 10.3. The van der Waals surface area contributed by atoms with Crippen LogP contribution in [0.2, 0.25) is 0 Å². The van der Waals surface area contributed by atoms with Gasteiger partial charge >= 0.3 is 0 Å². The number of fused-ring (bicyclic) bond motifs is 2. The van der Waals surface area contributed by atoms with E-state index >= 15 is 0 Å². The molecule has 0 aromatic carbocycles. The number of hydrogen-bond acceptors (Lipinski definition) is 2. The Morgan fingerprint density at radius 1 is 1.29 bits per heavy atom. The van der Waals surface area contributed by atoms with Crippen molar-refractivity contribution in [3.05, 3.63) is 11.6 Å². The highest BCUT2D eigenvalue weighted by Gasteiger charge is 2.44. The third-order valence-corrected chi connectivity index (χ3v) is 3.72. The van der Waals surface area contributed by atoms with E-state index in [1.54, 1.807) is 0 Å². The molecular formula is C12H21NO. The van der Waals surface area contributed by atoms with Gasteiger partial charge in [0.1, 0.15) is 0 Å². The molecule has 2 rings (SSSR count). The Balaban J connectivity index is 2.15. The molecule has 2 fully saturated rings. The van der Waals surface area contributed by atoms with Gasteiger partial charge in [0, 0.05) is 12.1 Å². The predicted octanol–water partition coefficient (Wildman–Crippen LogP) is 1.94. The summed E-state index contributed by atoms with van der Waals surface area (Å²) in [6, 6.07) is 1.21. The molecule has 1 N–H and O–H groups in total. The highest BCUT2D eigenvalue weighted by Crippen LogP contribution is 2.40. The maximum atomic E-state index is 10.4. The highest BCUT2D eigenvalue weighted by atomic mass is 16.3. The Labute approximate surface area is 86.6 Å². The van der Waals surface area contributed by atoms with Gasteiger partial charge in [-0.05, 0) is 46.6 Å². The summed E-state index contributed by atoms with van der Waals surface area (Å²) in [6.45, 7) is 4.14. The molecule has 2 aliphatic rings. The topological polar surface area (TPSA) is 23.5 Å². The normalized spacial score (nSPS) is 42.6. The molecule has 2 bridgehead atoms. The second kappa shape index (κ2) is 3.35. The Bertz CT molecular complexity index is 241. The van der Waals surface area contributed by atoms with E-state index in [0.717, 1.165) is 12.8 Å². The minimum absolute atomic E-state index is 0.517. The summed E-state index contributed by atoms with van der Waals surface area (Å²) in [5.74, 6) is 0. The smallest absolute Gasteiger partial charge is 0.0859 e. The Kier molecular flexibility index (Phi) is 2.44. The molecule has 2 atom stereocenters. The van der Waals surface area contributed by atoms with Gasteiger partial charge < -0.3 is 10.0 Å². The van der Waals surface area contributed by atoms with Crippen LogP contribution in [-0.2, 0) is 0 Å². The second-order valence-corrected chi connectivity index (χ2v) is 5.28. The van der Waals surface area contributed by atoms with Crippen LogP contribution in [0.25, 0.3) is 0 Å². The first-order valence-corrected chi connectivity index (χ1v) is 5.60. The van der Waals surface area contributed by atoms with Crippen molar-refractivity contribution in [2.45, 2.75) is 57.2 Å². The lowest BCUT2D eigenvalue weighted by molar-refractivity contribution is -0.00802. The van der Waals surface area contributed by atoms with E-state index in [1.807, 2.05) is 0 Å². The van der Waals surface area contributed by atoms with Crippen LogP contribution in [0, 0.1) is 0 Å². The summed E-state index contributed by atoms with van der Waals surface area (Å²) >= 11 is 0. The highest BCUT2D eigenvalue weighted by molar-refractivity contribution is 5.13. The third kappa shape index (κ3) is 1.73. The molecule has 2 unspecified atom stereocenters. The van der Waals surface area contributed by atoms with Crippen LogP contribution in [0.1, 0.15) is 39.5 Å². The van der Waals surface area contributed by atoms with E-state index in [-0.39, 0.29) is 0 Å². The summed E-state index contributed by atoms with van der Waals surface area (Å²) in [4.78, 5) is 2.45. The van der Waals surface area contributed by atoms with Gasteiger partial charge in [-0.2, -0.15) is 0 Å². The van der Waals surface area contributed by atoms with E-state index in [1.165, 1.54) is 18.4 Å². The molecular weight excluding hydrogens is 174 g/mol. The van der Waals surface area contributed by atoms with Gasteiger partial charge in [-0.15, -0.1) is 0 Å². The molecule has 0 aromatic rings. The Hall–Kier alpha value is -0.340. The first-order chi connectivity index (χ1) is 6.50. The molecule has 0 aliphatic carbocycles. The molecule has 0 spiro atoms. The van der Waals surface area contributed by atoms with Crippen molar-refractivity contribution in [2.24, 2.45) is 0 Å². The fourth-order valence-corrected chi connectivity index (χ4v) is 3.14. The number of rotatable bonds is 1. The monoisotopic (exact) mass is 195 g/mol. The van der Waals surface area contributed by atoms with E-state index in [9.17, 15) is 5.11 Å². The van der Waals surface area contributed by atoms with Crippen molar-refractivity contribution in [1.82, 2.24) is 4.90 Å². The summed E-state index contributed by atoms with van der Waals surface area (Å²) in [6.07, 6.45) is 6.43. The number of piperidine rings is 1. The van der Waals surface area contributed by atoms with E-state index < -0.39 is 5.60 Å². The lowest BCUT2D eigenvalue weighted by Crippen LogP contribution is -2.48. The average molecular weight is 195 g/mol. The lowest BCUT2D eigenvalue weighted by atomic mass is 9.85. The van der Waals surface area contributed by atoms with Gasteiger partial charge in [0.25, 0.3) is 0 Å². The van der Waals surface area contributed by atoms with E-state index in [0.29, 0.717) is 12.1 Å². The molecule has 2 nitrogen and oxygen atoms in total. The predicted molar refractivity (Wildman–Crippen MR) is 58.2 cm³/mol. The van der Waals surface area contributed by atoms with Crippen LogP contribution < -0.4 is 0 Å². The molecule has 14 heavy (non-hydrogen) atoms. The lowest BCUT2D eigenvalue weighted by Gasteiger charge is -2.40. The molecule has 2 saturated heterocycles. The van der Waals surface area contributed by atoms with Crippen molar-refractivity contribution >= 4 is 0 Å². The van der Waals surface area contributed by atoms with Crippen LogP contribution >= 0.6 is 0 Å². The Morgan fingerprint density at radius 3 is 2.21 bits per heavy atom. The van der Waals surface area contributed by atoms with Crippen LogP contribution in [0.15, 0.2) is 11.6 Å². The first kappa shape index (κ1) is 10.2. The van der Waals surface area contributed by atoms with Gasteiger partial charge in [-0.25, -0.2) is 0 Å². The largest absolute Gasteiger partial charge is 0.386 e. The number of nitrogens with zero attached hydrogens (tertiary/aromatic N) is 1. The van der Waals surface area contributed by atoms with Crippen molar-refractivity contribution < 1.29 is 5.11 Å². The van der Waals surface area contributed by atoms with E-state index in [4.69, 9.17) is 0 Å². The zero-order valence-electron chi connectivity index (χ0n) is 9.45. The van der Waals surface area contributed by atoms with Crippen LogP contribution in [-0.4, -0.2) is 34.7 Å². The van der Waals surface area contributed by atoms with Gasteiger partial charge in [0.05, 0.1) is 5.60 Å². The number of aliphatic hydroxyl groups is 1. The molecule has 2 heteroatoms. The van der Waals surface area contributed by atoms with Crippen LogP contribution in [0.5, 0.6) is 0 Å². The number of hydrogen-bond donors (Lipinski definition) is 1. The van der Waals surface area contributed by atoms with Gasteiger partial charge in [0.15, 0.2) is 0 Å². The summed E-state index contributed by atoms with van der Waals surface area (Å²) < 4.78 is 0. The van der Waals surface area contributed by atoms with Crippen molar-refractivity contribution in [2.75, 3.05) is 7.05 Å². The molecule has 0 amide bonds. The minimum atomic E-state index is -0.517. The maximum Gasteiger partial charge on any atom is 0.0859 e. The molecule has 2 aliphatic heterocycles. The van der Waals surface area contributed by atoms with Crippen molar-refractivity contribution in [3.63, 3.8) is 0 Å². The SMILES string of the molecule is CC(C)=CC1(O)CC2CCC(C1)N2C. The second-order valence-electron chi connectivity index (χ2n) is 5.28. The van der Waals surface area contributed by atoms with Gasteiger partial charge in [-0.3, -0.25) is 0 Å². The van der Waals surface area contributed by atoms with Crippen molar-refractivity contribution in [1.29, 1.82) is 0 Å². The Morgan fingerprint density at radius 2 is 1.79 bits per heavy atom. The minimum Gasteiger partial charge on any atom is -0.386 e. The van der Waals surface area contributed by atoms with Crippen LogP contribution in [0.4, 0.5) is 0 Å². The van der Waals surface area contributed by atoms with Gasteiger partial charge in [0.2, 0.25) is 0 Å². The molecule has 0 saturated carbocycles. The maximum absolute atomic E-state index is 10.4. The van der Waals surface area contributed by atoms with E-state index in [2.05, 4.69) is 31.9 Å². The quantitative estimate of drug-likeness (QED) is 0.646. The molecule has 0 radical (unpaired) electrons. The number of allylic oxidation sites excluding steroid dienone is 1. The first-order valence-electron chi connectivity index (χ1n) is 5.60. The molecule has 80 valence electrons. The standard InChI is InChI=1S/C12H21NO/c1-9(2)6-12(14)7-10-4-5-11(8-12)13(10)3/h6,10-11,14H,4-5,7-8H2,1-3H3. The third-order valence-electron chi connectivity index (χ3n) is 3.72. The summed E-state index contributed by atoms with van der Waals surface area (Å²) in [7, 11) is 2.20. The van der Waals surface area contributed by atoms with Crippen LogP contribution in [0.3, 0.4) is 0 Å². The fraction of sp³-hybridized carbons (Fsp3) is 0.833. The van der Waals surface area contributed by atoms with Gasteiger partial charge in [-0.1, -0.05) is 11.6 Å². The van der Waals surface area contributed by atoms with Crippen molar-refractivity contribution in [3.8, 4) is 0 Å². The summed E-state index contributed by atoms with van der Waals surface area (Å²) in [5, 5.41) is 10.4. The summed E-state index contributed by atoms with van der Waals surface area (Å²) in [5.41, 5.74) is 0.716. The molecule has 0 aromatic heterocycles. The fourth-order valence-electron chi connectivity index (χ4n) is 3.14.